The van der Waals surface area contributed by atoms with E-state index in [1.165, 1.54) is 23.1 Å². The van der Waals surface area contributed by atoms with Gasteiger partial charge in [0.1, 0.15) is 0 Å². The Hall–Kier alpha value is -1.60. The fourth-order valence-electron chi connectivity index (χ4n) is 1.76. The Morgan fingerprint density at radius 3 is 2.50 bits per heavy atom. The van der Waals surface area contributed by atoms with E-state index in [2.05, 4.69) is 0 Å². The van der Waals surface area contributed by atoms with Crippen molar-refractivity contribution in [1.82, 2.24) is 4.90 Å². The molecule has 0 aromatic heterocycles. The number of carbonyl (C=O) groups excluding carboxylic acids is 1. The molecule has 1 aliphatic rings. The van der Waals surface area contributed by atoms with Crippen molar-refractivity contribution in [1.29, 1.82) is 0 Å². The molecule has 0 atom stereocenters. The number of anilines is 1. The number of aliphatic hydroxyl groups excluding tert-OH is 1. The number of nitrogen functional groups attached to an aromatic ring is 1. The average Bonchev–Trinajstić information content (AvgIpc) is 2.22. The van der Waals surface area contributed by atoms with Crippen molar-refractivity contribution in [2.45, 2.75) is 11.0 Å². The molecule has 7 heteroatoms. The summed E-state index contributed by atoms with van der Waals surface area (Å²) in [6.45, 7) is 0.531. The zero-order valence-electron chi connectivity index (χ0n) is 9.83. The third kappa shape index (κ3) is 2.46. The van der Waals surface area contributed by atoms with Gasteiger partial charge in [0.05, 0.1) is 11.0 Å². The van der Waals surface area contributed by atoms with E-state index in [-0.39, 0.29) is 35.1 Å². The zero-order valence-corrected chi connectivity index (χ0v) is 10.6. The van der Waals surface area contributed by atoms with Crippen LogP contribution < -0.4 is 5.73 Å². The van der Waals surface area contributed by atoms with Crippen LogP contribution >= 0.6 is 0 Å². The van der Waals surface area contributed by atoms with E-state index in [9.17, 15) is 13.2 Å². The van der Waals surface area contributed by atoms with Crippen LogP contribution in [0.4, 0.5) is 5.69 Å². The fraction of sp³-hybridized carbons (Fsp3) is 0.364. The molecule has 1 aliphatic heterocycles. The van der Waals surface area contributed by atoms with Crippen molar-refractivity contribution in [3.63, 3.8) is 0 Å². The van der Waals surface area contributed by atoms with Gasteiger partial charge in [-0.25, -0.2) is 8.42 Å². The second-order valence-electron chi connectivity index (χ2n) is 4.43. The first kappa shape index (κ1) is 12.8. The zero-order chi connectivity index (χ0) is 13.5. The lowest BCUT2D eigenvalue weighted by Crippen LogP contribution is -2.53. The molecule has 0 aliphatic carbocycles. The second-order valence-corrected chi connectivity index (χ2v) is 6.44. The van der Waals surface area contributed by atoms with Crippen molar-refractivity contribution >= 4 is 21.4 Å². The first-order valence-corrected chi connectivity index (χ1v) is 7.24. The molecule has 18 heavy (non-hydrogen) atoms. The van der Waals surface area contributed by atoms with Gasteiger partial charge in [0.2, 0.25) is 0 Å². The summed E-state index contributed by atoms with van der Waals surface area (Å²) < 4.78 is 22.9. The van der Waals surface area contributed by atoms with Gasteiger partial charge in [-0.05, 0) is 18.2 Å². The summed E-state index contributed by atoms with van der Waals surface area (Å²) in [5.74, 6) is -0.322. The number of β-amino-alcohol motifs (C(OH)–C–C–N with tert-alkyl or cyclic N) is 1. The maximum atomic E-state index is 12.0. The third-order valence-electron chi connectivity index (χ3n) is 2.75. The molecule has 2 rings (SSSR count). The summed E-state index contributed by atoms with van der Waals surface area (Å²) in [5, 5.41) is 9.14. The molecule has 1 saturated heterocycles. The number of hydrogen-bond donors (Lipinski definition) is 2. The maximum Gasteiger partial charge on any atom is 0.254 e. The number of sulfone groups is 1. The number of nitrogens with two attached hydrogens (primary N) is 1. The molecule has 0 saturated carbocycles. The minimum atomic E-state index is -3.41. The predicted octanol–water partition coefficient (Wildman–Crippen LogP) is -0.511. The Kier molecular flexibility index (Phi) is 3.04. The molecule has 1 fully saturated rings. The fourth-order valence-corrected chi connectivity index (χ4v) is 2.45. The SMILES string of the molecule is CS(=O)(=O)c1cc(N)cc(C(=O)N2CC(O)C2)c1. The highest BCUT2D eigenvalue weighted by molar-refractivity contribution is 7.90. The largest absolute Gasteiger partial charge is 0.399 e. The molecule has 0 bridgehead atoms. The van der Waals surface area contributed by atoms with Crippen LogP contribution in [0.3, 0.4) is 0 Å². The maximum absolute atomic E-state index is 12.0. The molecule has 1 heterocycles. The van der Waals surface area contributed by atoms with Gasteiger partial charge in [-0.15, -0.1) is 0 Å². The van der Waals surface area contributed by atoms with Crippen LogP contribution in [0.1, 0.15) is 10.4 Å². The quantitative estimate of drug-likeness (QED) is 0.705. The van der Waals surface area contributed by atoms with Crippen LogP contribution in [-0.2, 0) is 9.84 Å². The van der Waals surface area contributed by atoms with Crippen LogP contribution in [0, 0.1) is 0 Å². The molecule has 98 valence electrons. The van der Waals surface area contributed by atoms with Gasteiger partial charge in [0.15, 0.2) is 9.84 Å². The van der Waals surface area contributed by atoms with Gasteiger partial charge in [-0.2, -0.15) is 0 Å². The first-order valence-electron chi connectivity index (χ1n) is 5.35. The molecule has 1 aromatic rings. The highest BCUT2D eigenvalue weighted by atomic mass is 32.2. The summed E-state index contributed by atoms with van der Waals surface area (Å²) in [5.41, 5.74) is 6.05. The smallest absolute Gasteiger partial charge is 0.254 e. The lowest BCUT2D eigenvalue weighted by Gasteiger charge is -2.35. The molecule has 0 radical (unpaired) electrons. The number of likely N-dealkylation sites (tertiary alicyclic amines) is 1. The Morgan fingerprint density at radius 1 is 1.39 bits per heavy atom. The standard InChI is InChI=1S/C11H14N2O4S/c1-18(16,17)10-3-7(2-8(12)4-10)11(15)13-5-9(14)6-13/h2-4,9,14H,5-6,12H2,1H3. The van der Waals surface area contributed by atoms with Gasteiger partial charge in [0.25, 0.3) is 5.91 Å². The average molecular weight is 270 g/mol. The number of amides is 1. The number of aliphatic hydroxyl groups is 1. The molecule has 1 amide bonds. The van der Waals surface area contributed by atoms with E-state index >= 15 is 0 Å². The Balaban J connectivity index is 2.34. The van der Waals surface area contributed by atoms with Gasteiger partial charge in [-0.3, -0.25) is 4.79 Å². The summed E-state index contributed by atoms with van der Waals surface area (Å²) in [6.07, 6.45) is 0.563. The molecule has 0 unspecified atom stereocenters. The molecule has 0 spiro atoms. The number of rotatable bonds is 2. The molecule has 1 aromatic carbocycles. The number of benzene rings is 1. The minimum Gasteiger partial charge on any atom is -0.399 e. The predicted molar refractivity (Wildman–Crippen MR) is 65.9 cm³/mol. The monoisotopic (exact) mass is 270 g/mol. The van der Waals surface area contributed by atoms with Crippen LogP contribution in [-0.4, -0.2) is 49.8 Å². The van der Waals surface area contributed by atoms with Crippen LogP contribution in [0.15, 0.2) is 23.1 Å². The van der Waals surface area contributed by atoms with Gasteiger partial charge < -0.3 is 15.7 Å². The Bertz CT molecular complexity index is 591. The number of nitrogens with zero attached hydrogens (tertiary/aromatic N) is 1. The van der Waals surface area contributed by atoms with E-state index in [4.69, 9.17) is 10.8 Å². The Labute approximate surface area is 105 Å². The van der Waals surface area contributed by atoms with Crippen molar-refractivity contribution in [2.24, 2.45) is 0 Å². The molecule has 3 N–H and O–H groups in total. The lowest BCUT2D eigenvalue weighted by atomic mass is 10.1. The van der Waals surface area contributed by atoms with Crippen LogP contribution in [0.2, 0.25) is 0 Å². The van der Waals surface area contributed by atoms with Crippen molar-refractivity contribution in [3.8, 4) is 0 Å². The minimum absolute atomic E-state index is 0.0203. The highest BCUT2D eigenvalue weighted by Gasteiger charge is 2.30. The normalized spacial score (nSPS) is 16.4. The first-order chi connectivity index (χ1) is 8.27. The lowest BCUT2D eigenvalue weighted by molar-refractivity contribution is 0.00588. The van der Waals surface area contributed by atoms with Crippen molar-refractivity contribution < 1.29 is 18.3 Å². The van der Waals surface area contributed by atoms with Gasteiger partial charge >= 0.3 is 0 Å². The Morgan fingerprint density at radius 2 is 2.00 bits per heavy atom. The number of hydrogen-bond acceptors (Lipinski definition) is 5. The topological polar surface area (TPSA) is 101 Å². The third-order valence-corrected chi connectivity index (χ3v) is 3.85. The van der Waals surface area contributed by atoms with Crippen molar-refractivity contribution in [3.05, 3.63) is 23.8 Å². The number of carbonyl (C=O) groups is 1. The highest BCUT2D eigenvalue weighted by Crippen LogP contribution is 2.20. The molecular weight excluding hydrogens is 256 g/mol. The summed E-state index contributed by atoms with van der Waals surface area (Å²) in [4.78, 5) is 13.4. The van der Waals surface area contributed by atoms with Crippen molar-refractivity contribution in [2.75, 3.05) is 25.1 Å². The summed E-state index contributed by atoms with van der Waals surface area (Å²) in [6, 6.07) is 4.05. The van der Waals surface area contributed by atoms with E-state index in [1.54, 1.807) is 0 Å². The summed E-state index contributed by atoms with van der Waals surface area (Å²) in [7, 11) is -3.41. The summed E-state index contributed by atoms with van der Waals surface area (Å²) >= 11 is 0. The van der Waals surface area contributed by atoms with Gasteiger partial charge in [0, 0.05) is 30.6 Å². The molecular formula is C11H14N2O4S. The molecule has 6 nitrogen and oxygen atoms in total. The van der Waals surface area contributed by atoms with Crippen LogP contribution in [0.5, 0.6) is 0 Å². The van der Waals surface area contributed by atoms with Crippen LogP contribution in [0.25, 0.3) is 0 Å². The van der Waals surface area contributed by atoms with E-state index in [0.29, 0.717) is 0 Å². The van der Waals surface area contributed by atoms with E-state index < -0.39 is 15.9 Å². The van der Waals surface area contributed by atoms with E-state index in [0.717, 1.165) is 6.26 Å². The van der Waals surface area contributed by atoms with E-state index in [1.807, 2.05) is 0 Å². The van der Waals surface area contributed by atoms with Gasteiger partial charge in [-0.1, -0.05) is 0 Å². The second kappa shape index (κ2) is 4.25.